The Bertz CT molecular complexity index is 1130. The number of allylic oxidation sites excluding steroid dienone is 2. The van der Waals surface area contributed by atoms with Gasteiger partial charge in [-0.25, -0.2) is 4.98 Å². The van der Waals surface area contributed by atoms with Crippen LogP contribution in [0.2, 0.25) is 0 Å². The highest BCUT2D eigenvalue weighted by Gasteiger charge is 2.42. The summed E-state index contributed by atoms with van der Waals surface area (Å²) < 4.78 is 11.0. The number of ether oxygens (including phenoxy) is 2. The van der Waals surface area contributed by atoms with Gasteiger partial charge in [0.1, 0.15) is 5.82 Å². The highest BCUT2D eigenvalue weighted by molar-refractivity contribution is 6.13. The van der Waals surface area contributed by atoms with Crippen molar-refractivity contribution >= 4 is 23.2 Å². The fourth-order valence-corrected chi connectivity index (χ4v) is 4.56. The van der Waals surface area contributed by atoms with Crippen molar-refractivity contribution in [2.75, 3.05) is 12.1 Å². The smallest absolute Gasteiger partial charge is 0.235 e. The lowest BCUT2D eigenvalue weighted by Crippen LogP contribution is -2.39. The van der Waals surface area contributed by atoms with Crippen LogP contribution in [0, 0.1) is 12.8 Å². The second kappa shape index (κ2) is 7.65. The Morgan fingerprint density at radius 1 is 1.10 bits per heavy atom. The van der Waals surface area contributed by atoms with E-state index < -0.39 is 11.8 Å². The molecule has 3 aliphatic rings. The lowest BCUT2D eigenvalue weighted by Gasteiger charge is -2.35. The van der Waals surface area contributed by atoms with Crippen LogP contribution in [0.3, 0.4) is 0 Å². The average molecular weight is 417 g/mol. The Labute approximate surface area is 180 Å². The number of anilines is 1. The predicted molar refractivity (Wildman–Crippen MR) is 115 cm³/mol. The number of carbonyl (C=O) groups excluding carboxylic acids is 2. The lowest BCUT2D eigenvalue weighted by atomic mass is 9.71. The van der Waals surface area contributed by atoms with Crippen molar-refractivity contribution in [1.29, 1.82) is 0 Å². The largest absolute Gasteiger partial charge is 0.454 e. The van der Waals surface area contributed by atoms with Gasteiger partial charge in [0.05, 0.1) is 5.92 Å². The molecule has 7 heteroatoms. The summed E-state index contributed by atoms with van der Waals surface area (Å²) in [6, 6.07) is 9.29. The third kappa shape index (κ3) is 3.50. The third-order valence-corrected chi connectivity index (χ3v) is 6.04. The Kier molecular flexibility index (Phi) is 4.81. The number of carbonyl (C=O) groups is 2. The molecular formula is C24H23N3O4. The molecule has 1 N–H and O–H groups in total. The van der Waals surface area contributed by atoms with Crippen LogP contribution in [0.25, 0.3) is 0 Å². The van der Waals surface area contributed by atoms with E-state index in [-0.39, 0.29) is 18.5 Å². The Morgan fingerprint density at radius 3 is 2.74 bits per heavy atom. The Morgan fingerprint density at radius 2 is 1.94 bits per heavy atom. The number of fused-ring (bicyclic) bond motifs is 1. The first kappa shape index (κ1) is 19.5. The summed E-state index contributed by atoms with van der Waals surface area (Å²) in [5, 5.41) is 2.91. The maximum atomic E-state index is 13.4. The highest BCUT2D eigenvalue weighted by atomic mass is 16.7. The van der Waals surface area contributed by atoms with Crippen LogP contribution in [0.15, 0.2) is 52.8 Å². The normalized spacial score (nSPS) is 22.1. The molecular weight excluding hydrogens is 394 g/mol. The molecule has 2 aliphatic heterocycles. The molecule has 158 valence electrons. The number of amides is 1. The summed E-state index contributed by atoms with van der Waals surface area (Å²) in [6.45, 7) is 3.96. The maximum Gasteiger partial charge on any atom is 0.235 e. The van der Waals surface area contributed by atoms with Crippen molar-refractivity contribution in [1.82, 2.24) is 4.98 Å². The van der Waals surface area contributed by atoms with E-state index in [1.54, 1.807) is 12.3 Å². The summed E-state index contributed by atoms with van der Waals surface area (Å²) in [4.78, 5) is 35.4. The number of Topliss-reactive ketones (excluding diaryl/α,β-unsaturated/α-hetero) is 1. The van der Waals surface area contributed by atoms with Gasteiger partial charge in [0.25, 0.3) is 0 Å². The molecule has 1 aromatic heterocycles. The minimum absolute atomic E-state index is 0.0615. The molecule has 0 spiro atoms. The van der Waals surface area contributed by atoms with Crippen molar-refractivity contribution < 1.29 is 19.1 Å². The van der Waals surface area contributed by atoms with Gasteiger partial charge in [0.15, 0.2) is 17.3 Å². The fourth-order valence-electron chi connectivity index (χ4n) is 4.56. The molecule has 0 saturated carbocycles. The predicted octanol–water partition coefficient (Wildman–Crippen LogP) is 3.94. The summed E-state index contributed by atoms with van der Waals surface area (Å²) >= 11 is 0. The van der Waals surface area contributed by atoms with Gasteiger partial charge in [-0.15, -0.1) is 0 Å². The number of aromatic nitrogens is 1. The fraction of sp³-hybridized carbons (Fsp3) is 0.333. The molecule has 3 heterocycles. The van der Waals surface area contributed by atoms with Crippen LogP contribution in [-0.2, 0) is 9.59 Å². The van der Waals surface area contributed by atoms with E-state index in [9.17, 15) is 9.59 Å². The van der Waals surface area contributed by atoms with E-state index in [4.69, 9.17) is 14.5 Å². The van der Waals surface area contributed by atoms with Crippen molar-refractivity contribution in [3.05, 3.63) is 58.9 Å². The zero-order valence-electron chi connectivity index (χ0n) is 17.5. The van der Waals surface area contributed by atoms with Crippen LogP contribution in [0.5, 0.6) is 11.5 Å². The van der Waals surface area contributed by atoms with E-state index in [2.05, 4.69) is 10.3 Å². The zero-order valence-corrected chi connectivity index (χ0v) is 17.5. The topological polar surface area (TPSA) is 89.9 Å². The average Bonchev–Trinajstić information content (AvgIpc) is 3.22. The number of benzene rings is 1. The quantitative estimate of drug-likeness (QED) is 0.817. The molecule has 1 aromatic carbocycles. The van der Waals surface area contributed by atoms with Gasteiger partial charge >= 0.3 is 0 Å². The number of rotatable bonds is 3. The standard InChI is InChI=1S/C24H23N3O4/c1-13-6-9-20(25-11-13)27-24(29)21-14(2)26-16-4-3-5-17(28)23(16)22(21)15-7-8-18-19(10-15)31-12-30-18/h6-11,21-22H,3-5,12H2,1-2H3,(H,25,27,29)/t21?,22-/m0/s1. The Hall–Kier alpha value is -3.48. The van der Waals surface area contributed by atoms with Crippen LogP contribution in [0.1, 0.15) is 43.2 Å². The Balaban J connectivity index is 1.57. The minimum Gasteiger partial charge on any atom is -0.454 e. The summed E-state index contributed by atoms with van der Waals surface area (Å²) in [7, 11) is 0. The molecule has 0 saturated heterocycles. The van der Waals surface area contributed by atoms with E-state index in [1.807, 2.05) is 38.1 Å². The van der Waals surface area contributed by atoms with Crippen LogP contribution in [-0.4, -0.2) is 29.2 Å². The van der Waals surface area contributed by atoms with Crippen LogP contribution < -0.4 is 14.8 Å². The molecule has 5 rings (SSSR count). The molecule has 31 heavy (non-hydrogen) atoms. The summed E-state index contributed by atoms with van der Waals surface area (Å²) in [5.74, 6) is 0.546. The molecule has 1 aliphatic carbocycles. The number of hydrogen-bond acceptors (Lipinski definition) is 6. The summed E-state index contributed by atoms with van der Waals surface area (Å²) in [6.07, 6.45) is 3.71. The SMILES string of the molecule is CC1=NC2=C(C(=O)CCC2)[C@@H](c2ccc3c(c2)OCO3)C1C(=O)Nc1ccc(C)cn1. The number of nitrogens with one attached hydrogen (secondary N) is 1. The van der Waals surface area contributed by atoms with E-state index in [0.29, 0.717) is 35.0 Å². The number of aryl methyl sites for hydroxylation is 1. The molecule has 2 atom stereocenters. The van der Waals surface area contributed by atoms with Gasteiger partial charge in [-0.05, 0) is 56.0 Å². The lowest BCUT2D eigenvalue weighted by molar-refractivity contribution is -0.119. The molecule has 0 fully saturated rings. The van der Waals surface area contributed by atoms with E-state index in [0.717, 1.165) is 29.7 Å². The van der Waals surface area contributed by atoms with E-state index >= 15 is 0 Å². The van der Waals surface area contributed by atoms with Gasteiger partial charge in [0, 0.05) is 35.5 Å². The first-order valence-electron chi connectivity index (χ1n) is 10.5. The van der Waals surface area contributed by atoms with Gasteiger partial charge in [-0.3, -0.25) is 14.6 Å². The maximum absolute atomic E-state index is 13.4. The van der Waals surface area contributed by atoms with Gasteiger partial charge in [0.2, 0.25) is 12.7 Å². The van der Waals surface area contributed by atoms with Crippen molar-refractivity contribution in [2.45, 2.75) is 39.0 Å². The second-order valence-corrected chi connectivity index (χ2v) is 8.17. The number of hydrogen-bond donors (Lipinski definition) is 1. The second-order valence-electron chi connectivity index (χ2n) is 8.17. The number of ketones is 1. The monoisotopic (exact) mass is 417 g/mol. The number of aliphatic imine (C=N–C) groups is 1. The molecule has 1 amide bonds. The summed E-state index contributed by atoms with van der Waals surface area (Å²) in [5.41, 5.74) is 4.00. The molecule has 0 bridgehead atoms. The van der Waals surface area contributed by atoms with Gasteiger partial charge in [-0.1, -0.05) is 12.1 Å². The molecule has 0 radical (unpaired) electrons. The van der Waals surface area contributed by atoms with Crippen molar-refractivity contribution in [2.24, 2.45) is 10.9 Å². The van der Waals surface area contributed by atoms with Crippen LogP contribution in [0.4, 0.5) is 5.82 Å². The highest BCUT2D eigenvalue weighted by Crippen LogP contribution is 2.45. The number of pyridine rings is 1. The van der Waals surface area contributed by atoms with E-state index in [1.165, 1.54) is 0 Å². The van der Waals surface area contributed by atoms with Crippen molar-refractivity contribution in [3.63, 3.8) is 0 Å². The minimum atomic E-state index is -0.621. The molecule has 2 aromatic rings. The molecule has 7 nitrogen and oxygen atoms in total. The third-order valence-electron chi connectivity index (χ3n) is 6.04. The zero-order chi connectivity index (χ0) is 21.5. The van der Waals surface area contributed by atoms with Crippen LogP contribution >= 0.6 is 0 Å². The van der Waals surface area contributed by atoms with Gasteiger partial charge in [-0.2, -0.15) is 0 Å². The van der Waals surface area contributed by atoms with Crippen molar-refractivity contribution in [3.8, 4) is 11.5 Å². The molecule has 1 unspecified atom stereocenters. The first-order chi connectivity index (χ1) is 15.0. The van der Waals surface area contributed by atoms with Gasteiger partial charge < -0.3 is 14.8 Å². The number of nitrogens with zero attached hydrogens (tertiary/aromatic N) is 2. The first-order valence-corrected chi connectivity index (χ1v) is 10.5.